The number of hydrogen-bond acceptors (Lipinski definition) is 6. The first-order valence-electron chi connectivity index (χ1n) is 11.9. The molecule has 1 aliphatic rings. The first kappa shape index (κ1) is 24.5. The fourth-order valence-corrected chi connectivity index (χ4v) is 4.55. The standard InChI is InChI=1S/C27H29FN4O3/c1-2-19(11-14-29-26(33)10-7-20-5-3-4-6-24(20)30-34)18-32-15-12-21(13-16-32)27-23-9-8-22(28)17-25(23)35-31-27/h2-10,17,19,21H,1,11-16,18H2,(H,29,33)/b10-7+/t19-/m0/s1. The van der Waals surface area contributed by atoms with Crippen molar-refractivity contribution in [2.24, 2.45) is 11.1 Å². The molecule has 1 saturated heterocycles. The molecule has 1 amide bonds. The number of carbonyl (C=O) groups excluding carboxylic acids is 1. The smallest absolute Gasteiger partial charge is 0.244 e. The summed E-state index contributed by atoms with van der Waals surface area (Å²) in [5, 5.41) is 11.0. The van der Waals surface area contributed by atoms with Gasteiger partial charge in [-0.3, -0.25) is 4.79 Å². The van der Waals surface area contributed by atoms with Gasteiger partial charge in [0.05, 0.1) is 5.69 Å². The van der Waals surface area contributed by atoms with Crippen molar-refractivity contribution in [2.75, 3.05) is 26.2 Å². The molecule has 0 saturated carbocycles. The average Bonchev–Trinajstić information content (AvgIpc) is 3.30. The van der Waals surface area contributed by atoms with Gasteiger partial charge in [0.2, 0.25) is 5.91 Å². The summed E-state index contributed by atoms with van der Waals surface area (Å²) in [6.45, 7) is 7.25. The van der Waals surface area contributed by atoms with Gasteiger partial charge in [-0.15, -0.1) is 11.5 Å². The monoisotopic (exact) mass is 476 g/mol. The van der Waals surface area contributed by atoms with Crippen molar-refractivity contribution in [3.05, 3.63) is 83.2 Å². The normalized spacial score (nSPS) is 15.9. The Morgan fingerprint density at radius 2 is 2.09 bits per heavy atom. The lowest BCUT2D eigenvalue weighted by molar-refractivity contribution is -0.116. The lowest BCUT2D eigenvalue weighted by atomic mass is 9.91. The molecule has 0 aliphatic carbocycles. The van der Waals surface area contributed by atoms with E-state index in [1.807, 2.05) is 6.08 Å². The van der Waals surface area contributed by atoms with Crippen molar-refractivity contribution in [1.82, 2.24) is 15.4 Å². The SMILES string of the molecule is C=C[C@@H](CCNC(=O)/C=C/c1ccccc1N=O)CN1CCC(c2noc3cc(F)ccc23)CC1. The van der Waals surface area contributed by atoms with Crippen molar-refractivity contribution < 1.29 is 13.7 Å². The lowest BCUT2D eigenvalue weighted by Crippen LogP contribution is -2.37. The van der Waals surface area contributed by atoms with Gasteiger partial charge in [0, 0.05) is 42.1 Å². The van der Waals surface area contributed by atoms with Crippen LogP contribution in [-0.2, 0) is 4.79 Å². The maximum atomic E-state index is 13.4. The molecule has 7 nitrogen and oxygen atoms in total. The molecule has 0 spiro atoms. The number of piperidine rings is 1. The number of nitroso groups, excluding NO2 is 1. The zero-order valence-corrected chi connectivity index (χ0v) is 19.5. The maximum absolute atomic E-state index is 13.4. The van der Waals surface area contributed by atoms with Gasteiger partial charge >= 0.3 is 0 Å². The van der Waals surface area contributed by atoms with E-state index in [-0.39, 0.29) is 17.6 Å². The first-order chi connectivity index (χ1) is 17.1. The van der Waals surface area contributed by atoms with Crippen LogP contribution in [0.2, 0.25) is 0 Å². The van der Waals surface area contributed by atoms with Crippen LogP contribution in [0, 0.1) is 16.6 Å². The highest BCUT2D eigenvalue weighted by Gasteiger charge is 2.26. The molecule has 0 radical (unpaired) electrons. The summed E-state index contributed by atoms with van der Waals surface area (Å²) < 4.78 is 18.8. The van der Waals surface area contributed by atoms with E-state index >= 15 is 0 Å². The van der Waals surface area contributed by atoms with Gasteiger partial charge in [0.15, 0.2) is 5.58 Å². The number of carbonyl (C=O) groups is 1. The number of likely N-dealkylation sites (tertiary alicyclic amines) is 1. The third-order valence-corrected chi connectivity index (χ3v) is 6.53. The molecule has 1 aliphatic heterocycles. The van der Waals surface area contributed by atoms with Gasteiger partial charge in [0.25, 0.3) is 0 Å². The highest BCUT2D eigenvalue weighted by atomic mass is 19.1. The number of rotatable bonds is 10. The number of halogens is 1. The molecule has 1 fully saturated rings. The number of fused-ring (bicyclic) bond motifs is 1. The second kappa shape index (κ2) is 11.7. The largest absolute Gasteiger partial charge is 0.356 e. The van der Waals surface area contributed by atoms with E-state index in [0.717, 1.165) is 50.0 Å². The molecule has 1 aromatic heterocycles. The van der Waals surface area contributed by atoms with Crippen LogP contribution >= 0.6 is 0 Å². The number of benzene rings is 2. The summed E-state index contributed by atoms with van der Waals surface area (Å²) in [5.41, 5.74) is 2.33. The lowest BCUT2D eigenvalue weighted by Gasteiger charge is -2.33. The van der Waals surface area contributed by atoms with E-state index in [0.29, 0.717) is 29.3 Å². The summed E-state index contributed by atoms with van der Waals surface area (Å²) in [6, 6.07) is 11.4. The first-order valence-corrected chi connectivity index (χ1v) is 11.9. The maximum Gasteiger partial charge on any atom is 0.244 e. The van der Waals surface area contributed by atoms with Crippen LogP contribution in [0.4, 0.5) is 10.1 Å². The Kier molecular flexibility index (Phi) is 8.15. The summed E-state index contributed by atoms with van der Waals surface area (Å²) in [5.74, 6) is 0.0183. The third kappa shape index (κ3) is 6.27. The quantitative estimate of drug-likeness (QED) is 0.235. The number of amides is 1. The van der Waals surface area contributed by atoms with E-state index in [1.54, 1.807) is 36.4 Å². The molecular formula is C27H29FN4O3. The van der Waals surface area contributed by atoms with Crippen molar-refractivity contribution in [1.29, 1.82) is 0 Å². The Hall–Kier alpha value is -3.65. The predicted molar refractivity (Wildman–Crippen MR) is 135 cm³/mol. The summed E-state index contributed by atoms with van der Waals surface area (Å²) in [4.78, 5) is 25.4. The number of nitrogens with zero attached hydrogens (tertiary/aromatic N) is 3. The second-order valence-electron chi connectivity index (χ2n) is 8.84. The highest BCUT2D eigenvalue weighted by Crippen LogP contribution is 2.33. The predicted octanol–water partition coefficient (Wildman–Crippen LogP) is 5.57. The van der Waals surface area contributed by atoms with Crippen molar-refractivity contribution >= 4 is 28.6 Å². The fraction of sp³-hybridized carbons (Fsp3) is 0.333. The van der Waals surface area contributed by atoms with Crippen LogP contribution in [0.25, 0.3) is 17.0 Å². The van der Waals surface area contributed by atoms with E-state index in [9.17, 15) is 14.1 Å². The van der Waals surface area contributed by atoms with Crippen molar-refractivity contribution in [3.8, 4) is 0 Å². The molecular weight excluding hydrogens is 447 g/mol. The third-order valence-electron chi connectivity index (χ3n) is 6.53. The summed E-state index contributed by atoms with van der Waals surface area (Å²) in [7, 11) is 0. The topological polar surface area (TPSA) is 87.8 Å². The van der Waals surface area contributed by atoms with Gasteiger partial charge in [-0.25, -0.2) is 4.39 Å². The number of aromatic nitrogens is 1. The highest BCUT2D eigenvalue weighted by molar-refractivity contribution is 5.92. The minimum Gasteiger partial charge on any atom is -0.356 e. The molecule has 4 rings (SSSR count). The summed E-state index contributed by atoms with van der Waals surface area (Å²) >= 11 is 0. The molecule has 2 heterocycles. The van der Waals surface area contributed by atoms with Crippen molar-refractivity contribution in [2.45, 2.75) is 25.2 Å². The van der Waals surface area contributed by atoms with E-state index in [4.69, 9.17) is 4.52 Å². The van der Waals surface area contributed by atoms with Gasteiger partial charge in [-0.05, 0) is 67.7 Å². The molecule has 35 heavy (non-hydrogen) atoms. The minimum absolute atomic E-state index is 0.214. The van der Waals surface area contributed by atoms with E-state index in [1.165, 1.54) is 18.2 Å². The second-order valence-corrected chi connectivity index (χ2v) is 8.84. The van der Waals surface area contributed by atoms with E-state index < -0.39 is 0 Å². The molecule has 3 aromatic rings. The van der Waals surface area contributed by atoms with Crippen molar-refractivity contribution in [3.63, 3.8) is 0 Å². The van der Waals surface area contributed by atoms with Gasteiger partial charge in [-0.2, -0.15) is 0 Å². The van der Waals surface area contributed by atoms with Crippen LogP contribution in [0.5, 0.6) is 0 Å². The number of hydrogen-bond donors (Lipinski definition) is 1. The molecule has 1 atom stereocenters. The van der Waals surface area contributed by atoms with Gasteiger partial charge in [0.1, 0.15) is 11.5 Å². The minimum atomic E-state index is -0.321. The van der Waals surface area contributed by atoms with Crippen LogP contribution in [-0.4, -0.2) is 42.1 Å². The Balaban J connectivity index is 1.21. The Morgan fingerprint density at radius 3 is 2.86 bits per heavy atom. The van der Waals surface area contributed by atoms with Crippen LogP contribution in [0.15, 0.2) is 70.9 Å². The molecule has 0 bridgehead atoms. The Labute approximate surface area is 203 Å². The zero-order chi connectivity index (χ0) is 24.6. The fourth-order valence-electron chi connectivity index (χ4n) is 4.55. The molecule has 1 N–H and O–H groups in total. The van der Waals surface area contributed by atoms with Crippen LogP contribution in [0.3, 0.4) is 0 Å². The Bertz CT molecular complexity index is 1210. The van der Waals surface area contributed by atoms with Crippen LogP contribution in [0.1, 0.15) is 36.4 Å². The summed E-state index contributed by atoms with van der Waals surface area (Å²) in [6.07, 6.45) is 7.66. The molecule has 182 valence electrons. The Morgan fingerprint density at radius 1 is 1.29 bits per heavy atom. The van der Waals surface area contributed by atoms with Crippen LogP contribution < -0.4 is 5.32 Å². The van der Waals surface area contributed by atoms with Gasteiger partial charge < -0.3 is 14.7 Å². The van der Waals surface area contributed by atoms with Gasteiger partial charge in [-0.1, -0.05) is 29.4 Å². The zero-order valence-electron chi connectivity index (χ0n) is 19.5. The average molecular weight is 477 g/mol. The van der Waals surface area contributed by atoms with E-state index in [2.05, 4.69) is 27.1 Å². The number of nitrogens with one attached hydrogen (secondary N) is 1. The molecule has 2 aromatic carbocycles. The molecule has 0 unspecified atom stereocenters. The molecule has 8 heteroatoms.